The highest BCUT2D eigenvalue weighted by Crippen LogP contribution is 2.22. The number of carbonyl (C=O) groups is 2. The number of hydrogen-bond acceptors (Lipinski definition) is 3. The van der Waals surface area contributed by atoms with Crippen molar-refractivity contribution in [1.29, 1.82) is 0 Å². The summed E-state index contributed by atoms with van der Waals surface area (Å²) in [4.78, 5) is 22.6. The van der Waals surface area contributed by atoms with Crippen molar-refractivity contribution in [2.24, 2.45) is 0 Å². The lowest BCUT2D eigenvalue weighted by molar-refractivity contribution is -0.146. The third-order valence-electron chi connectivity index (χ3n) is 3.18. The first-order chi connectivity index (χ1) is 10.8. The van der Waals surface area contributed by atoms with Gasteiger partial charge in [0.05, 0.1) is 0 Å². The van der Waals surface area contributed by atoms with Crippen LogP contribution >= 0.6 is 0 Å². The van der Waals surface area contributed by atoms with Crippen molar-refractivity contribution in [3.8, 4) is 0 Å². The van der Waals surface area contributed by atoms with Crippen LogP contribution in [-0.4, -0.2) is 42.8 Å². The molecule has 0 fully saturated rings. The average molecular weight is 332 g/mol. The Balaban J connectivity index is 2.41. The number of hydrogen-bond donors (Lipinski definition) is 3. The summed E-state index contributed by atoms with van der Waals surface area (Å²) in [5.74, 6) is -2.44. The highest BCUT2D eigenvalue weighted by molar-refractivity contribution is 6.35. The second kappa shape index (κ2) is 9.14. The van der Waals surface area contributed by atoms with Crippen LogP contribution in [-0.2, 0) is 9.59 Å². The van der Waals surface area contributed by atoms with Gasteiger partial charge in [-0.2, -0.15) is 13.2 Å². The topological polar surface area (TPSA) is 78.4 Å². The van der Waals surface area contributed by atoms with Crippen LogP contribution in [0.1, 0.15) is 24.3 Å². The van der Waals surface area contributed by atoms with Crippen LogP contribution in [0.2, 0.25) is 0 Å². The smallest absolute Gasteiger partial charge is 0.396 e. The summed E-state index contributed by atoms with van der Waals surface area (Å²) < 4.78 is 35.8. The molecule has 0 bridgehead atoms. The molecular weight excluding hydrogens is 313 g/mol. The third kappa shape index (κ3) is 7.64. The van der Waals surface area contributed by atoms with E-state index in [1.165, 1.54) is 5.32 Å². The fourth-order valence-corrected chi connectivity index (χ4v) is 2.06. The lowest BCUT2D eigenvalue weighted by atomic mass is 9.93. The average Bonchev–Trinajstić information content (AvgIpc) is 2.51. The summed E-state index contributed by atoms with van der Waals surface area (Å²) >= 11 is 0. The molecule has 0 heterocycles. The zero-order valence-electron chi connectivity index (χ0n) is 12.4. The van der Waals surface area contributed by atoms with E-state index in [9.17, 15) is 22.8 Å². The number of nitrogens with one attached hydrogen (secondary N) is 2. The van der Waals surface area contributed by atoms with Gasteiger partial charge in [-0.05, 0) is 24.3 Å². The summed E-state index contributed by atoms with van der Waals surface area (Å²) in [6.45, 7) is -1.45. The number of halogens is 3. The van der Waals surface area contributed by atoms with E-state index < -0.39 is 24.5 Å². The molecule has 1 atom stereocenters. The predicted octanol–water partition coefficient (Wildman–Crippen LogP) is 1.34. The van der Waals surface area contributed by atoms with Gasteiger partial charge in [0.1, 0.15) is 6.54 Å². The number of amides is 2. The van der Waals surface area contributed by atoms with Crippen LogP contribution in [0.5, 0.6) is 0 Å². The number of aliphatic hydroxyl groups is 1. The molecule has 0 aliphatic heterocycles. The van der Waals surface area contributed by atoms with Crippen LogP contribution < -0.4 is 10.6 Å². The molecule has 1 aromatic rings. The van der Waals surface area contributed by atoms with E-state index in [1.54, 1.807) is 0 Å². The summed E-state index contributed by atoms with van der Waals surface area (Å²) in [5, 5.41) is 12.9. The minimum absolute atomic E-state index is 0.0141. The zero-order valence-corrected chi connectivity index (χ0v) is 12.4. The maximum Gasteiger partial charge on any atom is 0.405 e. The maximum atomic E-state index is 11.9. The molecule has 128 valence electrons. The Morgan fingerprint density at radius 3 is 2.22 bits per heavy atom. The quantitative estimate of drug-likeness (QED) is 0.659. The number of carbonyl (C=O) groups excluding carboxylic acids is 2. The molecule has 5 nitrogen and oxygen atoms in total. The largest absolute Gasteiger partial charge is 0.405 e. The molecule has 3 N–H and O–H groups in total. The fourth-order valence-electron chi connectivity index (χ4n) is 2.06. The molecule has 8 heteroatoms. The number of aliphatic hydroxyl groups excluding tert-OH is 1. The van der Waals surface area contributed by atoms with Crippen molar-refractivity contribution in [3.63, 3.8) is 0 Å². The van der Waals surface area contributed by atoms with Crippen LogP contribution in [0.3, 0.4) is 0 Å². The van der Waals surface area contributed by atoms with Crippen molar-refractivity contribution >= 4 is 11.8 Å². The minimum Gasteiger partial charge on any atom is -0.396 e. The van der Waals surface area contributed by atoms with Gasteiger partial charge in [-0.25, -0.2) is 0 Å². The molecule has 0 radical (unpaired) electrons. The molecule has 0 saturated heterocycles. The Kier molecular flexibility index (Phi) is 7.53. The Morgan fingerprint density at radius 2 is 1.65 bits per heavy atom. The van der Waals surface area contributed by atoms with E-state index in [-0.39, 0.29) is 19.1 Å². The molecular formula is C15H19F3N2O3. The Labute approximate surface area is 131 Å². The first kappa shape index (κ1) is 19.0. The van der Waals surface area contributed by atoms with Gasteiger partial charge in [0.15, 0.2) is 0 Å². The maximum absolute atomic E-state index is 11.9. The second-order valence-electron chi connectivity index (χ2n) is 4.96. The van der Waals surface area contributed by atoms with E-state index in [4.69, 9.17) is 5.11 Å². The Morgan fingerprint density at radius 1 is 1.04 bits per heavy atom. The Bertz CT molecular complexity index is 506. The van der Waals surface area contributed by atoms with Crippen molar-refractivity contribution < 1.29 is 27.9 Å². The molecule has 0 aliphatic rings. The highest BCUT2D eigenvalue weighted by atomic mass is 19.4. The molecule has 2 amide bonds. The van der Waals surface area contributed by atoms with E-state index in [0.717, 1.165) is 5.56 Å². The lowest BCUT2D eigenvalue weighted by Gasteiger charge is -2.16. The zero-order chi connectivity index (χ0) is 17.3. The lowest BCUT2D eigenvalue weighted by Crippen LogP contribution is -2.43. The summed E-state index contributed by atoms with van der Waals surface area (Å²) in [7, 11) is 0. The van der Waals surface area contributed by atoms with Crippen LogP contribution in [0, 0.1) is 0 Å². The van der Waals surface area contributed by atoms with Crippen molar-refractivity contribution in [2.45, 2.75) is 24.9 Å². The summed E-state index contributed by atoms with van der Waals surface area (Å²) in [6.07, 6.45) is -3.61. The van der Waals surface area contributed by atoms with Crippen molar-refractivity contribution in [1.82, 2.24) is 10.6 Å². The summed E-state index contributed by atoms with van der Waals surface area (Å²) in [5.41, 5.74) is 0.984. The molecule has 1 aromatic carbocycles. The number of alkyl halides is 3. The van der Waals surface area contributed by atoms with Crippen molar-refractivity contribution in [2.75, 3.05) is 19.7 Å². The van der Waals surface area contributed by atoms with Gasteiger partial charge in [-0.3, -0.25) is 9.59 Å². The molecule has 1 rings (SSSR count). The predicted molar refractivity (Wildman–Crippen MR) is 77.6 cm³/mol. The second-order valence-corrected chi connectivity index (χ2v) is 4.96. The van der Waals surface area contributed by atoms with Gasteiger partial charge in [0, 0.05) is 13.2 Å². The van der Waals surface area contributed by atoms with Crippen LogP contribution in [0.25, 0.3) is 0 Å². The van der Waals surface area contributed by atoms with Gasteiger partial charge < -0.3 is 15.7 Å². The van der Waals surface area contributed by atoms with Gasteiger partial charge in [-0.1, -0.05) is 30.3 Å². The minimum atomic E-state index is -4.56. The van der Waals surface area contributed by atoms with E-state index in [1.807, 2.05) is 30.3 Å². The van der Waals surface area contributed by atoms with Gasteiger partial charge >= 0.3 is 18.0 Å². The van der Waals surface area contributed by atoms with Crippen molar-refractivity contribution in [3.05, 3.63) is 35.9 Å². The molecule has 23 heavy (non-hydrogen) atoms. The Hall–Kier alpha value is -2.09. The standard InChI is InChI=1S/C15H19F3N2O3/c16-15(17,18)10-20-14(23)13(22)19-8-6-12(7-9-21)11-4-2-1-3-5-11/h1-5,12,21H,6-10H2,(H,19,22)(H,20,23). The monoisotopic (exact) mass is 332 g/mol. The normalized spacial score (nSPS) is 12.5. The molecule has 0 saturated carbocycles. The molecule has 0 aliphatic carbocycles. The van der Waals surface area contributed by atoms with E-state index in [2.05, 4.69) is 5.32 Å². The van der Waals surface area contributed by atoms with E-state index >= 15 is 0 Å². The first-order valence-corrected chi connectivity index (χ1v) is 7.12. The third-order valence-corrected chi connectivity index (χ3v) is 3.18. The van der Waals surface area contributed by atoms with Gasteiger partial charge in [0.25, 0.3) is 0 Å². The SMILES string of the molecule is O=C(NCCC(CCO)c1ccccc1)C(=O)NCC(F)(F)F. The molecule has 0 spiro atoms. The highest BCUT2D eigenvalue weighted by Gasteiger charge is 2.29. The number of rotatable bonds is 7. The van der Waals surface area contributed by atoms with Gasteiger partial charge in [-0.15, -0.1) is 0 Å². The van der Waals surface area contributed by atoms with Gasteiger partial charge in [0.2, 0.25) is 0 Å². The van der Waals surface area contributed by atoms with Crippen LogP contribution in [0.15, 0.2) is 30.3 Å². The first-order valence-electron chi connectivity index (χ1n) is 7.12. The molecule has 1 unspecified atom stereocenters. The van der Waals surface area contributed by atoms with Crippen LogP contribution in [0.4, 0.5) is 13.2 Å². The molecule has 0 aromatic heterocycles. The van der Waals surface area contributed by atoms with E-state index in [0.29, 0.717) is 12.8 Å². The fraction of sp³-hybridized carbons (Fsp3) is 0.467. The summed E-state index contributed by atoms with van der Waals surface area (Å²) in [6, 6.07) is 9.33. The number of benzene rings is 1.